The highest BCUT2D eigenvalue weighted by Crippen LogP contribution is 2.63. The number of para-hydroxylation sites is 1. The molecule has 9 aromatic rings. The molecule has 0 atom stereocenters. The minimum atomic E-state index is -1.44. The molecule has 0 saturated carbocycles. The second-order valence-electron chi connectivity index (χ2n) is 16.8. The summed E-state index contributed by atoms with van der Waals surface area (Å²) in [7, 11) is 7.77. The second kappa shape index (κ2) is 19.1. The quantitative estimate of drug-likeness (QED) is 0.0958. The Morgan fingerprint density at radius 1 is 0.377 bits per heavy atom. The van der Waals surface area contributed by atoms with E-state index >= 15 is 13.2 Å². The molecule has 9 aromatic carbocycles. The molecule has 11 heteroatoms. The van der Waals surface area contributed by atoms with E-state index in [1.54, 1.807) is 17.0 Å². The number of azo groups is 2. The summed E-state index contributed by atoms with van der Waals surface area (Å²) in [6.07, 6.45) is 0. The first-order valence-corrected chi connectivity index (χ1v) is 23.1. The van der Waals surface area contributed by atoms with E-state index < -0.39 is 23.1 Å². The Labute approximate surface area is 403 Å². The van der Waals surface area contributed by atoms with Crippen molar-refractivity contribution in [1.82, 2.24) is 0 Å². The summed E-state index contributed by atoms with van der Waals surface area (Å²) in [6, 6.07) is 61.7. The number of nitrogens with zero attached hydrogens (tertiary/aromatic N) is 7. The van der Waals surface area contributed by atoms with Gasteiger partial charge in [0.25, 0.3) is 0 Å². The molecule has 1 heterocycles. The fourth-order valence-electron chi connectivity index (χ4n) is 8.63. The molecule has 0 unspecified atom stereocenters. The fraction of sp³-hybridized carbons (Fsp3) is 0.0690. The third-order valence-corrected chi connectivity index (χ3v) is 13.1. The molecule has 1 aliphatic heterocycles. The Bertz CT molecular complexity index is 3260. The molecule has 0 fully saturated rings. The highest BCUT2D eigenvalue weighted by molar-refractivity contribution is 7.99. The topological polar surface area (TPSA) is 59.2 Å². The fourth-order valence-corrected chi connectivity index (χ4v) is 9.72. The number of hydrogen-bond donors (Lipinski definition) is 0. The number of fused-ring (bicyclic) bond motifs is 2. The van der Waals surface area contributed by atoms with Gasteiger partial charge in [-0.25, -0.2) is 13.2 Å². The third-order valence-electron chi connectivity index (χ3n) is 12.0. The van der Waals surface area contributed by atoms with Crippen LogP contribution in [0.1, 0.15) is 0 Å². The van der Waals surface area contributed by atoms with Gasteiger partial charge in [0.1, 0.15) is 11.4 Å². The molecule has 0 radical (unpaired) electrons. The van der Waals surface area contributed by atoms with Gasteiger partial charge in [-0.3, -0.25) is 0 Å². The predicted molar refractivity (Wildman–Crippen MR) is 277 cm³/mol. The molecule has 0 spiro atoms. The van der Waals surface area contributed by atoms with E-state index in [4.69, 9.17) is 10.2 Å². The number of hydrogen-bond acceptors (Lipinski definition) is 8. The van der Waals surface area contributed by atoms with Crippen molar-refractivity contribution in [3.05, 3.63) is 212 Å². The molecule has 0 amide bonds. The minimum Gasteiger partial charge on any atom is -0.378 e. The lowest BCUT2D eigenvalue weighted by Gasteiger charge is -2.38. The van der Waals surface area contributed by atoms with Crippen molar-refractivity contribution in [2.24, 2.45) is 20.5 Å². The maximum Gasteiger partial charge on any atom is 0.190 e. The Kier molecular flexibility index (Phi) is 12.4. The maximum absolute atomic E-state index is 18.2. The van der Waals surface area contributed by atoms with Gasteiger partial charge in [0.2, 0.25) is 0 Å². The molecule has 1 aliphatic rings. The first-order valence-electron chi connectivity index (χ1n) is 22.3. The Balaban J connectivity index is 1.38. The maximum atomic E-state index is 18.2. The molecule has 338 valence electrons. The standard InChI is InChI=1S/C58H44F3N7S/c1-66(2)43-33-29-41(30-34-43)62-64-54-47(37-19-9-5-10-20-37)49(39-23-13-7-14-24-39)56(50(40-25-15-8-16-26-40)48(54)38-21-11-6-12-22-38)68-45-27-17-18-28-46(45)69-58-52(60)51(59)55(53(61)57(58)68)65-63-42-31-35-44(36-32-42)67(3)4/h5-36H,1-4H3. The van der Waals surface area contributed by atoms with Gasteiger partial charge >= 0.3 is 0 Å². The van der Waals surface area contributed by atoms with Crippen molar-refractivity contribution < 1.29 is 13.2 Å². The van der Waals surface area contributed by atoms with Crippen LogP contribution in [0.3, 0.4) is 0 Å². The van der Waals surface area contributed by atoms with E-state index in [0.717, 1.165) is 45.4 Å². The zero-order valence-corrected chi connectivity index (χ0v) is 39.0. The zero-order chi connectivity index (χ0) is 47.6. The van der Waals surface area contributed by atoms with Crippen molar-refractivity contribution in [2.45, 2.75) is 9.79 Å². The average molecular weight is 928 g/mol. The highest BCUT2D eigenvalue weighted by atomic mass is 32.2. The summed E-state index contributed by atoms with van der Waals surface area (Å²) < 4.78 is 52.0. The summed E-state index contributed by atoms with van der Waals surface area (Å²) in [5, 5.41) is 18.6. The van der Waals surface area contributed by atoms with Gasteiger partial charge < -0.3 is 14.7 Å². The lowest BCUT2D eigenvalue weighted by molar-refractivity contribution is 0.479. The molecule has 0 N–H and O–H groups in total. The molecular weight excluding hydrogens is 884 g/mol. The van der Waals surface area contributed by atoms with Crippen LogP contribution in [0.2, 0.25) is 0 Å². The molecule has 0 aromatic heterocycles. The molecule has 0 aliphatic carbocycles. The molecule has 0 saturated heterocycles. The van der Waals surface area contributed by atoms with Gasteiger partial charge in [0.05, 0.1) is 27.6 Å². The van der Waals surface area contributed by atoms with E-state index in [1.165, 1.54) is 0 Å². The highest BCUT2D eigenvalue weighted by Gasteiger charge is 2.39. The minimum absolute atomic E-state index is 0.211. The first kappa shape index (κ1) is 44.6. The molecule has 7 nitrogen and oxygen atoms in total. The Morgan fingerprint density at radius 2 is 0.768 bits per heavy atom. The van der Waals surface area contributed by atoms with Gasteiger partial charge in [0.15, 0.2) is 23.1 Å². The molecular formula is C58H44F3N7S. The summed E-state index contributed by atoms with van der Waals surface area (Å²) >= 11 is 0.969. The number of rotatable bonds is 11. The number of benzene rings is 9. The molecule has 10 rings (SSSR count). The Morgan fingerprint density at radius 3 is 1.20 bits per heavy atom. The van der Waals surface area contributed by atoms with Crippen LogP contribution in [0.4, 0.5) is 64.4 Å². The largest absolute Gasteiger partial charge is 0.378 e. The van der Waals surface area contributed by atoms with Crippen molar-refractivity contribution in [1.29, 1.82) is 0 Å². The smallest absolute Gasteiger partial charge is 0.190 e. The van der Waals surface area contributed by atoms with E-state index in [-0.39, 0.29) is 10.6 Å². The monoisotopic (exact) mass is 927 g/mol. The van der Waals surface area contributed by atoms with Crippen molar-refractivity contribution in [3.63, 3.8) is 0 Å². The summed E-state index contributed by atoms with van der Waals surface area (Å²) in [5.41, 5.74) is 9.20. The van der Waals surface area contributed by atoms with Crippen LogP contribution in [0.25, 0.3) is 44.5 Å². The third kappa shape index (κ3) is 8.53. The van der Waals surface area contributed by atoms with Crippen molar-refractivity contribution in [3.8, 4) is 44.5 Å². The summed E-state index contributed by atoms with van der Waals surface area (Å²) in [5.74, 6) is -3.76. The van der Waals surface area contributed by atoms with E-state index in [1.807, 2.05) is 220 Å². The SMILES string of the molecule is CN(C)c1ccc(N=Nc2c(F)c(F)c3c(c2F)N(c2c(-c4ccccc4)c(-c4ccccc4)c(N=Nc4ccc(N(C)C)cc4)c(-c4ccccc4)c2-c2ccccc2)c2ccccc2S3)cc1. The van der Waals surface area contributed by atoms with Crippen LogP contribution < -0.4 is 14.7 Å². The van der Waals surface area contributed by atoms with Crippen molar-refractivity contribution in [2.75, 3.05) is 42.9 Å². The summed E-state index contributed by atoms with van der Waals surface area (Å²) in [4.78, 5) is 6.04. The van der Waals surface area contributed by atoms with Gasteiger partial charge in [-0.2, -0.15) is 10.2 Å². The van der Waals surface area contributed by atoms with Gasteiger partial charge in [-0.1, -0.05) is 145 Å². The van der Waals surface area contributed by atoms with Crippen LogP contribution in [-0.2, 0) is 0 Å². The zero-order valence-electron chi connectivity index (χ0n) is 38.1. The van der Waals surface area contributed by atoms with Crippen LogP contribution >= 0.6 is 11.8 Å². The van der Waals surface area contributed by atoms with Crippen LogP contribution in [0.5, 0.6) is 0 Å². The predicted octanol–water partition coefficient (Wildman–Crippen LogP) is 17.7. The number of anilines is 5. The average Bonchev–Trinajstić information content (AvgIpc) is 3.39. The van der Waals surface area contributed by atoms with E-state index in [9.17, 15) is 0 Å². The second-order valence-corrected chi connectivity index (χ2v) is 17.8. The van der Waals surface area contributed by atoms with Gasteiger partial charge in [-0.15, -0.1) is 10.2 Å². The normalized spacial score (nSPS) is 12.1. The lowest BCUT2D eigenvalue weighted by Crippen LogP contribution is -2.20. The lowest BCUT2D eigenvalue weighted by atomic mass is 9.81. The van der Waals surface area contributed by atoms with Crippen LogP contribution in [0.15, 0.2) is 224 Å². The Hall–Kier alpha value is -8.28. The summed E-state index contributed by atoms with van der Waals surface area (Å²) in [6.45, 7) is 0. The molecule has 0 bridgehead atoms. The number of halogens is 3. The van der Waals surface area contributed by atoms with E-state index in [2.05, 4.69) is 10.2 Å². The van der Waals surface area contributed by atoms with Gasteiger partial charge in [-0.05, 0) is 82.9 Å². The van der Waals surface area contributed by atoms with Crippen LogP contribution in [-0.4, -0.2) is 28.2 Å². The van der Waals surface area contributed by atoms with Gasteiger partial charge in [0, 0.05) is 66.7 Å². The van der Waals surface area contributed by atoms with Crippen LogP contribution in [0, 0.1) is 17.5 Å². The van der Waals surface area contributed by atoms with Crippen molar-refractivity contribution >= 4 is 62.9 Å². The first-order chi connectivity index (χ1) is 33.7. The molecule has 69 heavy (non-hydrogen) atoms. The van der Waals surface area contributed by atoms with E-state index in [0.29, 0.717) is 55.6 Å².